The molecule has 20 heavy (non-hydrogen) atoms. The molecule has 0 aliphatic carbocycles. The van der Waals surface area contributed by atoms with Gasteiger partial charge in [0.15, 0.2) is 0 Å². The van der Waals surface area contributed by atoms with E-state index in [-0.39, 0.29) is 0 Å². The molecule has 1 N–H and O–H groups in total. The summed E-state index contributed by atoms with van der Waals surface area (Å²) in [6, 6.07) is 7.44. The highest BCUT2D eigenvalue weighted by Gasteiger charge is 2.18. The smallest absolute Gasteiger partial charge is 0.122 e. The van der Waals surface area contributed by atoms with Crippen molar-refractivity contribution in [2.45, 2.75) is 51.6 Å². The maximum Gasteiger partial charge on any atom is 0.122 e. The molecule has 0 spiro atoms. The lowest BCUT2D eigenvalue weighted by Gasteiger charge is -2.25. The minimum atomic E-state index is 0.396. The van der Waals surface area contributed by atoms with E-state index in [0.717, 1.165) is 38.2 Å². The Morgan fingerprint density at radius 1 is 1.35 bits per heavy atom. The Balaban J connectivity index is 2.06. The summed E-state index contributed by atoms with van der Waals surface area (Å²) in [5.74, 6) is 1.06. The number of ether oxygens (including phenoxy) is 2. The Morgan fingerprint density at radius 3 is 2.90 bits per heavy atom. The molecular weight excluding hydrogens is 250 g/mol. The lowest BCUT2D eigenvalue weighted by atomic mass is 9.99. The summed E-state index contributed by atoms with van der Waals surface area (Å²) in [6.45, 7) is 6.05. The SMILES string of the molecule is CCCC(COC)NC(CC)c1ccc2c(c1)CCO2. The molecule has 2 rings (SSSR count). The first-order valence-corrected chi connectivity index (χ1v) is 7.79. The fraction of sp³-hybridized carbons (Fsp3) is 0.647. The molecule has 1 aromatic rings. The van der Waals surface area contributed by atoms with Crippen molar-refractivity contribution >= 4 is 0 Å². The van der Waals surface area contributed by atoms with Gasteiger partial charge in [0.25, 0.3) is 0 Å². The molecule has 0 amide bonds. The molecule has 1 aliphatic heterocycles. The van der Waals surface area contributed by atoms with Gasteiger partial charge in [-0.3, -0.25) is 0 Å². The van der Waals surface area contributed by atoms with Crippen molar-refractivity contribution in [2.24, 2.45) is 0 Å². The summed E-state index contributed by atoms with van der Waals surface area (Å²) in [4.78, 5) is 0. The molecule has 112 valence electrons. The van der Waals surface area contributed by atoms with Crippen LogP contribution in [0.1, 0.15) is 50.3 Å². The second-order valence-corrected chi connectivity index (χ2v) is 5.53. The molecule has 0 bridgehead atoms. The van der Waals surface area contributed by atoms with Crippen LogP contribution in [0.4, 0.5) is 0 Å². The minimum Gasteiger partial charge on any atom is -0.493 e. The third kappa shape index (κ3) is 3.74. The predicted octanol–water partition coefficient (Wildman–Crippen LogP) is 3.48. The normalized spacial score (nSPS) is 16.6. The predicted molar refractivity (Wildman–Crippen MR) is 82.4 cm³/mol. The van der Waals surface area contributed by atoms with Crippen LogP contribution in [-0.4, -0.2) is 26.4 Å². The average Bonchev–Trinajstić information content (AvgIpc) is 2.92. The van der Waals surface area contributed by atoms with Crippen LogP contribution in [0, 0.1) is 0 Å². The van der Waals surface area contributed by atoms with E-state index in [1.807, 2.05) is 0 Å². The zero-order valence-corrected chi connectivity index (χ0v) is 12.9. The summed E-state index contributed by atoms with van der Waals surface area (Å²) in [6.07, 6.45) is 4.45. The largest absolute Gasteiger partial charge is 0.493 e. The van der Waals surface area contributed by atoms with Crippen LogP contribution >= 0.6 is 0 Å². The molecule has 2 atom stereocenters. The van der Waals surface area contributed by atoms with E-state index in [1.165, 1.54) is 17.5 Å². The maximum absolute atomic E-state index is 5.58. The Hall–Kier alpha value is -1.06. The fourth-order valence-corrected chi connectivity index (χ4v) is 2.92. The average molecular weight is 277 g/mol. The van der Waals surface area contributed by atoms with Gasteiger partial charge in [0.2, 0.25) is 0 Å². The van der Waals surface area contributed by atoms with Gasteiger partial charge in [-0.2, -0.15) is 0 Å². The van der Waals surface area contributed by atoms with Crippen molar-refractivity contribution in [3.8, 4) is 5.75 Å². The van der Waals surface area contributed by atoms with Crippen LogP contribution in [0.3, 0.4) is 0 Å². The van der Waals surface area contributed by atoms with Crippen LogP contribution in [0.2, 0.25) is 0 Å². The first-order chi connectivity index (χ1) is 9.78. The molecule has 3 nitrogen and oxygen atoms in total. The summed E-state index contributed by atoms with van der Waals surface area (Å²) < 4.78 is 10.9. The first-order valence-electron chi connectivity index (χ1n) is 7.79. The number of fused-ring (bicyclic) bond motifs is 1. The van der Waals surface area contributed by atoms with E-state index in [4.69, 9.17) is 9.47 Å². The number of hydrogen-bond acceptors (Lipinski definition) is 3. The minimum absolute atomic E-state index is 0.396. The van der Waals surface area contributed by atoms with E-state index in [2.05, 4.69) is 37.4 Å². The number of rotatable bonds is 8. The van der Waals surface area contributed by atoms with Crippen LogP contribution in [0.25, 0.3) is 0 Å². The van der Waals surface area contributed by atoms with Gasteiger partial charge in [0.1, 0.15) is 5.75 Å². The summed E-state index contributed by atoms with van der Waals surface area (Å²) in [5, 5.41) is 3.75. The lowest BCUT2D eigenvalue weighted by molar-refractivity contribution is 0.155. The zero-order chi connectivity index (χ0) is 14.4. The van der Waals surface area contributed by atoms with Crippen molar-refractivity contribution in [3.63, 3.8) is 0 Å². The van der Waals surface area contributed by atoms with Crippen LogP contribution in [0.15, 0.2) is 18.2 Å². The summed E-state index contributed by atoms with van der Waals surface area (Å²) in [5.41, 5.74) is 2.72. The van der Waals surface area contributed by atoms with Gasteiger partial charge in [0.05, 0.1) is 13.2 Å². The van der Waals surface area contributed by atoms with Gasteiger partial charge < -0.3 is 14.8 Å². The van der Waals surface area contributed by atoms with Gasteiger partial charge in [-0.1, -0.05) is 32.4 Å². The lowest BCUT2D eigenvalue weighted by Crippen LogP contribution is -2.36. The monoisotopic (exact) mass is 277 g/mol. The number of methoxy groups -OCH3 is 1. The zero-order valence-electron chi connectivity index (χ0n) is 12.9. The van der Waals surface area contributed by atoms with Crippen LogP contribution < -0.4 is 10.1 Å². The van der Waals surface area contributed by atoms with Gasteiger partial charge in [0, 0.05) is 25.6 Å². The van der Waals surface area contributed by atoms with Crippen molar-refractivity contribution in [1.82, 2.24) is 5.32 Å². The molecule has 1 aromatic carbocycles. The highest BCUT2D eigenvalue weighted by atomic mass is 16.5. The first kappa shape index (κ1) is 15.3. The number of hydrogen-bond donors (Lipinski definition) is 1. The molecule has 3 heteroatoms. The molecule has 1 aliphatic rings. The van der Waals surface area contributed by atoms with Crippen molar-refractivity contribution in [1.29, 1.82) is 0 Å². The fourth-order valence-electron chi connectivity index (χ4n) is 2.92. The van der Waals surface area contributed by atoms with E-state index in [1.54, 1.807) is 7.11 Å². The van der Waals surface area contributed by atoms with Crippen LogP contribution in [-0.2, 0) is 11.2 Å². The second kappa shape index (κ2) is 7.65. The Morgan fingerprint density at radius 2 is 2.20 bits per heavy atom. The van der Waals surface area contributed by atoms with Gasteiger partial charge in [-0.05, 0) is 30.0 Å². The second-order valence-electron chi connectivity index (χ2n) is 5.53. The van der Waals surface area contributed by atoms with E-state index >= 15 is 0 Å². The molecule has 0 saturated heterocycles. The topological polar surface area (TPSA) is 30.5 Å². The number of nitrogens with one attached hydrogen (secondary N) is 1. The maximum atomic E-state index is 5.58. The van der Waals surface area contributed by atoms with Crippen molar-refractivity contribution in [2.75, 3.05) is 20.3 Å². The Labute approximate surface area is 122 Å². The third-order valence-electron chi connectivity index (χ3n) is 3.97. The van der Waals surface area contributed by atoms with E-state index in [0.29, 0.717) is 12.1 Å². The molecule has 1 heterocycles. The summed E-state index contributed by atoms with van der Waals surface area (Å²) in [7, 11) is 1.78. The molecular formula is C17H27NO2. The quantitative estimate of drug-likeness (QED) is 0.789. The Kier molecular flexibility index (Phi) is 5.86. The molecule has 0 fully saturated rings. The molecule has 0 radical (unpaired) electrons. The molecule has 0 saturated carbocycles. The molecule has 0 aromatic heterocycles. The van der Waals surface area contributed by atoms with E-state index in [9.17, 15) is 0 Å². The highest BCUT2D eigenvalue weighted by molar-refractivity contribution is 5.40. The van der Waals surface area contributed by atoms with Gasteiger partial charge in [-0.25, -0.2) is 0 Å². The molecule has 2 unspecified atom stereocenters. The Bertz CT molecular complexity index is 413. The van der Waals surface area contributed by atoms with Crippen molar-refractivity contribution in [3.05, 3.63) is 29.3 Å². The summed E-state index contributed by atoms with van der Waals surface area (Å²) >= 11 is 0. The highest BCUT2D eigenvalue weighted by Crippen LogP contribution is 2.29. The van der Waals surface area contributed by atoms with E-state index < -0.39 is 0 Å². The van der Waals surface area contributed by atoms with Crippen molar-refractivity contribution < 1.29 is 9.47 Å². The van der Waals surface area contributed by atoms with Gasteiger partial charge in [-0.15, -0.1) is 0 Å². The third-order valence-corrected chi connectivity index (χ3v) is 3.97. The number of benzene rings is 1. The van der Waals surface area contributed by atoms with Gasteiger partial charge >= 0.3 is 0 Å². The standard InChI is InChI=1S/C17H27NO2/c1-4-6-15(12-19-3)18-16(5-2)13-7-8-17-14(11-13)9-10-20-17/h7-8,11,15-16,18H,4-6,9-10,12H2,1-3H3. The van der Waals surface area contributed by atoms with Crippen LogP contribution in [0.5, 0.6) is 5.75 Å².